The zero-order valence-electron chi connectivity index (χ0n) is 14.3. The highest BCUT2D eigenvalue weighted by Gasteiger charge is 2.56. The van der Waals surface area contributed by atoms with Gasteiger partial charge in [0.05, 0.1) is 6.10 Å². The van der Waals surface area contributed by atoms with E-state index in [9.17, 15) is 4.79 Å². The Morgan fingerprint density at radius 2 is 1.95 bits per heavy atom. The number of ether oxygens (including phenoxy) is 1. The van der Waals surface area contributed by atoms with Crippen LogP contribution in [0.25, 0.3) is 0 Å². The standard InChI is InChI=1S/C17H32N2O2/c1-6-17(7-2)14(9-15(17)21-8-3)19(5)16(20)12(4)13-10-18-11-13/h12-15,18H,6-11H2,1-5H3. The molecule has 21 heavy (non-hydrogen) atoms. The third kappa shape index (κ3) is 2.72. The van der Waals surface area contributed by atoms with Crippen LogP contribution in [0.5, 0.6) is 0 Å². The maximum Gasteiger partial charge on any atom is 0.225 e. The normalized spacial score (nSPS) is 29.4. The third-order valence-electron chi connectivity index (χ3n) is 6.15. The summed E-state index contributed by atoms with van der Waals surface area (Å²) in [5.41, 5.74) is 0.151. The van der Waals surface area contributed by atoms with E-state index in [1.54, 1.807) is 0 Å². The van der Waals surface area contributed by atoms with Gasteiger partial charge in [0.15, 0.2) is 0 Å². The van der Waals surface area contributed by atoms with Crippen LogP contribution in [0.2, 0.25) is 0 Å². The molecule has 1 heterocycles. The van der Waals surface area contributed by atoms with Gasteiger partial charge in [-0.15, -0.1) is 0 Å². The van der Waals surface area contributed by atoms with Crippen molar-refractivity contribution in [2.75, 3.05) is 26.7 Å². The molecule has 2 rings (SSSR count). The SMILES string of the molecule is CCOC1CC(N(C)C(=O)C(C)C2CNC2)C1(CC)CC. The maximum absolute atomic E-state index is 12.8. The molecular formula is C17H32N2O2. The minimum absolute atomic E-state index is 0.133. The Morgan fingerprint density at radius 3 is 2.38 bits per heavy atom. The van der Waals surface area contributed by atoms with Gasteiger partial charge < -0.3 is 15.0 Å². The smallest absolute Gasteiger partial charge is 0.225 e. The number of nitrogens with zero attached hydrogens (tertiary/aromatic N) is 1. The van der Waals surface area contributed by atoms with Crippen LogP contribution in [0.3, 0.4) is 0 Å². The van der Waals surface area contributed by atoms with Crippen molar-refractivity contribution in [1.29, 1.82) is 0 Å². The van der Waals surface area contributed by atoms with Crippen molar-refractivity contribution >= 4 is 5.91 Å². The van der Waals surface area contributed by atoms with Crippen LogP contribution >= 0.6 is 0 Å². The molecule has 1 aliphatic heterocycles. The molecule has 4 heteroatoms. The average molecular weight is 296 g/mol. The van der Waals surface area contributed by atoms with E-state index in [-0.39, 0.29) is 11.3 Å². The molecule has 4 nitrogen and oxygen atoms in total. The molecular weight excluding hydrogens is 264 g/mol. The lowest BCUT2D eigenvalue weighted by molar-refractivity contribution is -0.180. The van der Waals surface area contributed by atoms with Crippen LogP contribution in [-0.2, 0) is 9.53 Å². The Morgan fingerprint density at radius 1 is 1.33 bits per heavy atom. The van der Waals surface area contributed by atoms with E-state index < -0.39 is 0 Å². The molecule has 0 radical (unpaired) electrons. The Labute approximate surface area is 129 Å². The molecule has 2 aliphatic rings. The van der Waals surface area contributed by atoms with Crippen LogP contribution in [0.15, 0.2) is 0 Å². The molecule has 1 saturated carbocycles. The minimum atomic E-state index is 0.133. The molecule has 3 atom stereocenters. The predicted molar refractivity (Wildman–Crippen MR) is 85.1 cm³/mol. The van der Waals surface area contributed by atoms with E-state index in [0.29, 0.717) is 24.0 Å². The molecule has 0 spiro atoms. The van der Waals surface area contributed by atoms with Gasteiger partial charge in [-0.2, -0.15) is 0 Å². The van der Waals surface area contributed by atoms with Crippen LogP contribution in [0.4, 0.5) is 0 Å². The first-order chi connectivity index (χ1) is 10.0. The second kappa shape index (κ2) is 6.66. The number of hydrogen-bond donors (Lipinski definition) is 1. The van der Waals surface area contributed by atoms with Gasteiger partial charge in [0.1, 0.15) is 0 Å². The molecule has 2 fully saturated rings. The van der Waals surface area contributed by atoms with Crippen molar-refractivity contribution in [1.82, 2.24) is 10.2 Å². The van der Waals surface area contributed by atoms with E-state index in [1.807, 2.05) is 11.9 Å². The number of nitrogens with one attached hydrogen (secondary N) is 1. The van der Waals surface area contributed by atoms with E-state index in [2.05, 4.69) is 33.0 Å². The predicted octanol–water partition coefficient (Wildman–Crippen LogP) is 2.28. The summed E-state index contributed by atoms with van der Waals surface area (Å²) in [5, 5.41) is 3.26. The highest BCUT2D eigenvalue weighted by Crippen LogP contribution is 2.51. The second-order valence-electron chi connectivity index (χ2n) is 6.79. The summed E-state index contributed by atoms with van der Waals surface area (Å²) in [7, 11) is 2.00. The van der Waals surface area contributed by atoms with Crippen LogP contribution < -0.4 is 5.32 Å². The fraction of sp³-hybridized carbons (Fsp3) is 0.941. The Hall–Kier alpha value is -0.610. The summed E-state index contributed by atoms with van der Waals surface area (Å²) in [6, 6.07) is 0.340. The van der Waals surface area contributed by atoms with Gasteiger partial charge in [0.2, 0.25) is 5.91 Å². The van der Waals surface area contributed by atoms with Crippen molar-refractivity contribution < 1.29 is 9.53 Å². The summed E-state index contributed by atoms with van der Waals surface area (Å²) < 4.78 is 5.93. The van der Waals surface area contributed by atoms with Crippen molar-refractivity contribution in [2.24, 2.45) is 17.3 Å². The number of amides is 1. The molecule has 1 amide bonds. The van der Waals surface area contributed by atoms with Gasteiger partial charge in [-0.1, -0.05) is 20.8 Å². The van der Waals surface area contributed by atoms with Gasteiger partial charge in [0.25, 0.3) is 0 Å². The molecule has 1 N–H and O–H groups in total. The van der Waals surface area contributed by atoms with Crippen LogP contribution in [-0.4, -0.2) is 49.7 Å². The van der Waals surface area contributed by atoms with Gasteiger partial charge in [0, 0.05) is 31.0 Å². The maximum atomic E-state index is 12.8. The number of carbonyl (C=O) groups excluding carboxylic acids is 1. The van der Waals surface area contributed by atoms with Gasteiger partial charge >= 0.3 is 0 Å². The molecule has 122 valence electrons. The van der Waals surface area contributed by atoms with E-state index >= 15 is 0 Å². The highest BCUT2D eigenvalue weighted by atomic mass is 16.5. The zero-order valence-corrected chi connectivity index (χ0v) is 14.3. The first-order valence-electron chi connectivity index (χ1n) is 8.60. The zero-order chi connectivity index (χ0) is 15.6. The van der Waals surface area contributed by atoms with Crippen LogP contribution in [0, 0.1) is 17.3 Å². The Balaban J connectivity index is 2.04. The molecule has 1 aliphatic carbocycles. The molecule has 0 bridgehead atoms. The Bertz CT molecular complexity index is 364. The van der Waals surface area contributed by atoms with Crippen LogP contribution in [0.1, 0.15) is 47.0 Å². The van der Waals surface area contributed by atoms with E-state index in [0.717, 1.165) is 39.0 Å². The van der Waals surface area contributed by atoms with E-state index in [4.69, 9.17) is 4.74 Å². The molecule has 0 aromatic heterocycles. The topological polar surface area (TPSA) is 41.6 Å². The highest BCUT2D eigenvalue weighted by molar-refractivity contribution is 5.79. The van der Waals surface area contributed by atoms with Gasteiger partial charge in [-0.25, -0.2) is 0 Å². The molecule has 1 saturated heterocycles. The Kier molecular flexibility index (Phi) is 5.31. The quantitative estimate of drug-likeness (QED) is 0.784. The summed E-state index contributed by atoms with van der Waals surface area (Å²) in [6.45, 7) is 11.4. The number of rotatable bonds is 7. The summed E-state index contributed by atoms with van der Waals surface area (Å²) in [6.07, 6.45) is 3.47. The molecule has 0 aromatic rings. The second-order valence-corrected chi connectivity index (χ2v) is 6.79. The summed E-state index contributed by atoms with van der Waals surface area (Å²) in [5.74, 6) is 0.960. The average Bonchev–Trinajstić information content (AvgIpc) is 2.41. The lowest BCUT2D eigenvalue weighted by atomic mass is 9.58. The summed E-state index contributed by atoms with van der Waals surface area (Å²) >= 11 is 0. The van der Waals surface area contributed by atoms with Crippen molar-refractivity contribution in [3.05, 3.63) is 0 Å². The van der Waals surface area contributed by atoms with Crippen molar-refractivity contribution in [3.63, 3.8) is 0 Å². The lowest BCUT2D eigenvalue weighted by Crippen LogP contribution is -2.65. The van der Waals surface area contributed by atoms with Gasteiger partial charge in [-0.3, -0.25) is 4.79 Å². The monoisotopic (exact) mass is 296 g/mol. The molecule has 0 aromatic carbocycles. The van der Waals surface area contributed by atoms with Crippen molar-refractivity contribution in [2.45, 2.75) is 59.1 Å². The third-order valence-corrected chi connectivity index (χ3v) is 6.15. The number of carbonyl (C=O) groups is 1. The first-order valence-corrected chi connectivity index (χ1v) is 8.60. The van der Waals surface area contributed by atoms with Crippen molar-refractivity contribution in [3.8, 4) is 0 Å². The fourth-order valence-electron chi connectivity index (χ4n) is 4.22. The minimum Gasteiger partial charge on any atom is -0.378 e. The molecule has 3 unspecified atom stereocenters. The largest absolute Gasteiger partial charge is 0.378 e. The van der Waals surface area contributed by atoms with E-state index in [1.165, 1.54) is 0 Å². The fourth-order valence-corrected chi connectivity index (χ4v) is 4.22. The summed E-state index contributed by atoms with van der Waals surface area (Å²) in [4.78, 5) is 14.8. The first kappa shape index (κ1) is 16.8. The number of hydrogen-bond acceptors (Lipinski definition) is 3. The van der Waals surface area contributed by atoms with Gasteiger partial charge in [-0.05, 0) is 45.2 Å². The lowest BCUT2D eigenvalue weighted by Gasteiger charge is -2.58.